The average molecular weight is 348 g/mol. The van der Waals surface area contributed by atoms with Gasteiger partial charge < -0.3 is 15.1 Å². The van der Waals surface area contributed by atoms with E-state index in [2.05, 4.69) is 29.1 Å². The van der Waals surface area contributed by atoms with Gasteiger partial charge in [0.2, 0.25) is 5.91 Å². The molecule has 1 N–H and O–H groups in total. The zero-order valence-corrected chi connectivity index (χ0v) is 15.2. The molecule has 1 amide bonds. The number of benzene rings is 1. The van der Waals surface area contributed by atoms with E-state index in [1.165, 1.54) is 12.1 Å². The fraction of sp³-hybridized carbons (Fsp3) is 0.632. The minimum Gasteiger partial charge on any atom is -0.338 e. The fourth-order valence-electron chi connectivity index (χ4n) is 3.82. The second-order valence-corrected chi connectivity index (χ2v) is 7.09. The maximum absolute atomic E-state index is 13.4. The summed E-state index contributed by atoms with van der Waals surface area (Å²) in [5.41, 5.74) is 0.894. The number of rotatable bonds is 4. The van der Waals surface area contributed by atoms with Crippen LogP contribution < -0.4 is 5.32 Å². The molecule has 2 saturated heterocycles. The van der Waals surface area contributed by atoms with Gasteiger partial charge >= 0.3 is 0 Å². The smallest absolute Gasteiger partial charge is 0.244 e. The van der Waals surface area contributed by atoms with Crippen molar-refractivity contribution in [2.24, 2.45) is 0 Å². The Hall–Kier alpha value is -1.50. The number of nitrogens with zero attached hydrogens (tertiary/aromatic N) is 3. The SMILES string of the molecule is CCC1CNCCN1C(C(=O)N1CCN(C)CC1)c1ccc(F)cc1. The van der Waals surface area contributed by atoms with E-state index in [1.807, 2.05) is 4.90 Å². The van der Waals surface area contributed by atoms with Crippen LogP contribution in [0.25, 0.3) is 0 Å². The molecule has 2 heterocycles. The number of amides is 1. The Labute approximate surface area is 149 Å². The third-order valence-corrected chi connectivity index (χ3v) is 5.43. The van der Waals surface area contributed by atoms with E-state index in [1.54, 1.807) is 12.1 Å². The van der Waals surface area contributed by atoms with Crippen LogP contribution in [0.5, 0.6) is 0 Å². The van der Waals surface area contributed by atoms with Crippen molar-refractivity contribution in [2.45, 2.75) is 25.4 Å². The second-order valence-electron chi connectivity index (χ2n) is 7.09. The van der Waals surface area contributed by atoms with Gasteiger partial charge in [-0.15, -0.1) is 0 Å². The van der Waals surface area contributed by atoms with Gasteiger partial charge in [0.15, 0.2) is 0 Å². The molecule has 2 aliphatic rings. The first-order valence-electron chi connectivity index (χ1n) is 9.29. The predicted molar refractivity (Wildman–Crippen MR) is 96.9 cm³/mol. The molecule has 0 aliphatic carbocycles. The molecule has 2 aliphatic heterocycles. The van der Waals surface area contributed by atoms with Crippen molar-refractivity contribution in [1.82, 2.24) is 20.0 Å². The first-order valence-corrected chi connectivity index (χ1v) is 9.29. The van der Waals surface area contributed by atoms with E-state index in [0.717, 1.165) is 57.8 Å². The lowest BCUT2D eigenvalue weighted by Gasteiger charge is -2.43. The van der Waals surface area contributed by atoms with Gasteiger partial charge in [-0.3, -0.25) is 9.69 Å². The van der Waals surface area contributed by atoms with Crippen LogP contribution >= 0.6 is 0 Å². The van der Waals surface area contributed by atoms with Crippen molar-refractivity contribution < 1.29 is 9.18 Å². The number of nitrogens with one attached hydrogen (secondary N) is 1. The highest BCUT2D eigenvalue weighted by Crippen LogP contribution is 2.28. The van der Waals surface area contributed by atoms with Gasteiger partial charge in [0.25, 0.3) is 0 Å². The summed E-state index contributed by atoms with van der Waals surface area (Å²) in [6.07, 6.45) is 0.987. The first-order chi connectivity index (χ1) is 12.1. The molecule has 3 rings (SSSR count). The summed E-state index contributed by atoms with van der Waals surface area (Å²) in [5, 5.41) is 3.42. The fourth-order valence-corrected chi connectivity index (χ4v) is 3.82. The summed E-state index contributed by atoms with van der Waals surface area (Å²) in [7, 11) is 2.09. The van der Waals surface area contributed by atoms with E-state index in [4.69, 9.17) is 0 Å². The summed E-state index contributed by atoms with van der Waals surface area (Å²) in [6, 6.07) is 6.45. The minimum absolute atomic E-state index is 0.153. The summed E-state index contributed by atoms with van der Waals surface area (Å²) < 4.78 is 13.4. The maximum Gasteiger partial charge on any atom is 0.244 e. The molecule has 1 aromatic rings. The van der Waals surface area contributed by atoms with Crippen molar-refractivity contribution in [3.63, 3.8) is 0 Å². The minimum atomic E-state index is -0.323. The molecule has 0 bridgehead atoms. The van der Waals surface area contributed by atoms with E-state index >= 15 is 0 Å². The molecular formula is C19H29FN4O. The molecule has 2 fully saturated rings. The van der Waals surface area contributed by atoms with Gasteiger partial charge in [0.1, 0.15) is 11.9 Å². The number of piperazine rings is 2. The third-order valence-electron chi connectivity index (χ3n) is 5.43. The van der Waals surface area contributed by atoms with E-state index in [0.29, 0.717) is 6.04 Å². The van der Waals surface area contributed by atoms with Gasteiger partial charge in [0, 0.05) is 51.9 Å². The van der Waals surface area contributed by atoms with Gasteiger partial charge in [0.05, 0.1) is 0 Å². The second kappa shape index (κ2) is 8.25. The van der Waals surface area contributed by atoms with Crippen molar-refractivity contribution in [1.29, 1.82) is 0 Å². The van der Waals surface area contributed by atoms with E-state index in [9.17, 15) is 9.18 Å². The quantitative estimate of drug-likeness (QED) is 0.891. The van der Waals surface area contributed by atoms with Crippen molar-refractivity contribution in [2.75, 3.05) is 52.9 Å². The molecule has 0 saturated carbocycles. The van der Waals surface area contributed by atoms with Gasteiger partial charge in [-0.05, 0) is 31.2 Å². The molecule has 2 atom stereocenters. The van der Waals surface area contributed by atoms with E-state index < -0.39 is 0 Å². The van der Waals surface area contributed by atoms with Crippen LogP contribution in [0, 0.1) is 5.82 Å². The number of hydrogen-bond acceptors (Lipinski definition) is 4. The molecule has 0 aromatic heterocycles. The predicted octanol–water partition coefficient (Wildman–Crippen LogP) is 1.32. The molecule has 25 heavy (non-hydrogen) atoms. The van der Waals surface area contributed by atoms with Crippen LogP contribution in [0.1, 0.15) is 24.9 Å². The molecule has 0 spiro atoms. The zero-order chi connectivity index (χ0) is 17.8. The van der Waals surface area contributed by atoms with E-state index in [-0.39, 0.29) is 17.8 Å². The number of likely N-dealkylation sites (N-methyl/N-ethyl adjacent to an activating group) is 1. The Balaban J connectivity index is 1.88. The van der Waals surface area contributed by atoms with Crippen LogP contribution in [-0.4, -0.2) is 79.5 Å². The number of halogens is 1. The Morgan fingerprint density at radius 2 is 1.88 bits per heavy atom. The van der Waals surface area contributed by atoms with Crippen LogP contribution in [0.2, 0.25) is 0 Å². The molecule has 2 unspecified atom stereocenters. The zero-order valence-electron chi connectivity index (χ0n) is 15.2. The lowest BCUT2D eigenvalue weighted by atomic mass is 9.98. The lowest BCUT2D eigenvalue weighted by Crippen LogP contribution is -2.57. The number of carbonyl (C=O) groups is 1. The Kier molecular flexibility index (Phi) is 6.04. The van der Waals surface area contributed by atoms with Crippen molar-refractivity contribution in [3.8, 4) is 0 Å². The Bertz CT molecular complexity index is 571. The first kappa shape index (κ1) is 18.3. The summed E-state index contributed by atoms with van der Waals surface area (Å²) in [6.45, 7) is 8.09. The average Bonchev–Trinajstić information content (AvgIpc) is 2.64. The van der Waals surface area contributed by atoms with Gasteiger partial charge in [-0.1, -0.05) is 19.1 Å². The molecule has 6 heteroatoms. The maximum atomic E-state index is 13.4. The molecule has 5 nitrogen and oxygen atoms in total. The van der Waals surface area contributed by atoms with Gasteiger partial charge in [-0.25, -0.2) is 4.39 Å². The van der Waals surface area contributed by atoms with Crippen LogP contribution in [-0.2, 0) is 4.79 Å². The number of carbonyl (C=O) groups excluding carboxylic acids is 1. The highest BCUT2D eigenvalue weighted by Gasteiger charge is 2.36. The summed E-state index contributed by atoms with van der Waals surface area (Å²) in [4.78, 5) is 19.9. The van der Waals surface area contributed by atoms with Gasteiger partial charge in [-0.2, -0.15) is 0 Å². The Morgan fingerprint density at radius 3 is 2.52 bits per heavy atom. The van der Waals surface area contributed by atoms with Crippen molar-refractivity contribution in [3.05, 3.63) is 35.6 Å². The third kappa shape index (κ3) is 4.19. The van der Waals surface area contributed by atoms with Crippen LogP contribution in [0.15, 0.2) is 24.3 Å². The highest BCUT2D eigenvalue weighted by molar-refractivity contribution is 5.83. The van der Waals surface area contributed by atoms with Crippen LogP contribution in [0.3, 0.4) is 0 Å². The summed E-state index contributed by atoms with van der Waals surface area (Å²) >= 11 is 0. The topological polar surface area (TPSA) is 38.8 Å². The standard InChI is InChI=1S/C19H29FN4O/c1-3-17-14-21-8-9-24(17)18(15-4-6-16(20)7-5-15)19(25)23-12-10-22(2)11-13-23/h4-7,17-18,21H,3,8-14H2,1-2H3. The molecule has 1 aromatic carbocycles. The van der Waals surface area contributed by atoms with Crippen molar-refractivity contribution >= 4 is 5.91 Å². The highest BCUT2D eigenvalue weighted by atomic mass is 19.1. The largest absolute Gasteiger partial charge is 0.338 e. The molecule has 138 valence electrons. The normalized spacial score (nSPS) is 24.3. The monoisotopic (exact) mass is 348 g/mol. The number of hydrogen-bond donors (Lipinski definition) is 1. The molecular weight excluding hydrogens is 319 g/mol. The molecule has 0 radical (unpaired) electrons. The lowest BCUT2D eigenvalue weighted by molar-refractivity contribution is -0.140. The Morgan fingerprint density at radius 1 is 1.20 bits per heavy atom. The van der Waals surface area contributed by atoms with Crippen LogP contribution in [0.4, 0.5) is 4.39 Å². The summed E-state index contributed by atoms with van der Waals surface area (Å²) in [5.74, 6) is -0.109.